The molecule has 0 saturated carbocycles. The lowest BCUT2D eigenvalue weighted by atomic mass is 10.2. The molecule has 22 heavy (non-hydrogen) atoms. The van der Waals surface area contributed by atoms with Crippen molar-refractivity contribution in [3.05, 3.63) is 52.5 Å². The molecule has 6 heteroatoms. The molecule has 1 N–H and O–H groups in total. The van der Waals surface area contributed by atoms with E-state index in [2.05, 4.69) is 5.32 Å². The predicted octanol–water partition coefficient (Wildman–Crippen LogP) is 2.92. The maximum Gasteiger partial charge on any atom is 0.243 e. The largest absolute Gasteiger partial charge is 0.336 e. The molecule has 2 amide bonds. The zero-order valence-corrected chi connectivity index (χ0v) is 13.0. The number of benzene rings is 1. The molecule has 1 aromatic carbocycles. The molecule has 116 valence electrons. The second-order valence-corrected chi connectivity index (χ2v) is 5.92. The molecule has 0 unspecified atom stereocenters. The van der Waals surface area contributed by atoms with Crippen LogP contribution < -0.4 is 5.32 Å². The van der Waals surface area contributed by atoms with Gasteiger partial charge in [0.2, 0.25) is 11.8 Å². The molecule has 0 aliphatic heterocycles. The highest BCUT2D eigenvalue weighted by Gasteiger charge is 2.13. The molecular formula is C16H17FN2O2S. The van der Waals surface area contributed by atoms with Gasteiger partial charge in [-0.25, -0.2) is 4.39 Å². The number of anilines is 1. The fraction of sp³-hybridized carbons (Fsp3) is 0.250. The fourth-order valence-electron chi connectivity index (χ4n) is 1.95. The number of nitrogens with zero attached hydrogens (tertiary/aromatic N) is 1. The fourth-order valence-corrected chi connectivity index (χ4v) is 2.66. The van der Waals surface area contributed by atoms with Gasteiger partial charge in [-0.2, -0.15) is 0 Å². The molecule has 1 aromatic heterocycles. The van der Waals surface area contributed by atoms with Crippen molar-refractivity contribution in [1.29, 1.82) is 0 Å². The Balaban J connectivity index is 1.79. The number of likely N-dealkylation sites (N-methyl/N-ethyl adjacent to an activating group) is 1. The Morgan fingerprint density at radius 2 is 2.09 bits per heavy atom. The van der Waals surface area contributed by atoms with Crippen LogP contribution in [0.25, 0.3) is 0 Å². The molecule has 0 atom stereocenters. The average molecular weight is 320 g/mol. The van der Waals surface area contributed by atoms with Crippen LogP contribution in [0.1, 0.15) is 11.3 Å². The predicted molar refractivity (Wildman–Crippen MR) is 85.3 cm³/mol. The zero-order chi connectivity index (χ0) is 15.9. The van der Waals surface area contributed by atoms with Crippen molar-refractivity contribution in [2.24, 2.45) is 0 Å². The van der Waals surface area contributed by atoms with E-state index >= 15 is 0 Å². The number of nitrogens with one attached hydrogen (secondary N) is 1. The zero-order valence-electron chi connectivity index (χ0n) is 12.2. The van der Waals surface area contributed by atoms with Gasteiger partial charge in [0, 0.05) is 24.0 Å². The summed E-state index contributed by atoms with van der Waals surface area (Å²) in [6, 6.07) is 9.57. The topological polar surface area (TPSA) is 49.4 Å². The number of carbonyl (C=O) groups excluding carboxylic acids is 2. The summed E-state index contributed by atoms with van der Waals surface area (Å²) in [6.45, 7) is -0.0558. The Bertz CT molecular complexity index is 643. The SMILES string of the molecule is CN(CC(=O)Nc1cccc(F)c1)C(=O)CCc1cccs1. The van der Waals surface area contributed by atoms with Gasteiger partial charge >= 0.3 is 0 Å². The van der Waals surface area contributed by atoms with E-state index < -0.39 is 5.82 Å². The number of carbonyl (C=O) groups is 2. The van der Waals surface area contributed by atoms with E-state index in [0.717, 1.165) is 4.88 Å². The lowest BCUT2D eigenvalue weighted by Crippen LogP contribution is -2.35. The Morgan fingerprint density at radius 1 is 1.27 bits per heavy atom. The minimum Gasteiger partial charge on any atom is -0.336 e. The van der Waals surface area contributed by atoms with Crippen LogP contribution in [0.2, 0.25) is 0 Å². The lowest BCUT2D eigenvalue weighted by molar-refractivity contribution is -0.133. The quantitative estimate of drug-likeness (QED) is 0.890. The van der Waals surface area contributed by atoms with Crippen LogP contribution in [0.3, 0.4) is 0 Å². The van der Waals surface area contributed by atoms with E-state index in [1.165, 1.54) is 23.1 Å². The molecule has 2 aromatic rings. The van der Waals surface area contributed by atoms with E-state index in [1.54, 1.807) is 24.5 Å². The second-order valence-electron chi connectivity index (χ2n) is 4.89. The summed E-state index contributed by atoms with van der Waals surface area (Å²) < 4.78 is 13.0. The first-order chi connectivity index (χ1) is 10.5. The molecule has 0 bridgehead atoms. The molecule has 0 saturated heterocycles. The van der Waals surface area contributed by atoms with Crippen molar-refractivity contribution in [2.75, 3.05) is 18.9 Å². The van der Waals surface area contributed by atoms with Gasteiger partial charge in [-0.3, -0.25) is 9.59 Å². The van der Waals surface area contributed by atoms with Crippen LogP contribution in [0.15, 0.2) is 41.8 Å². The van der Waals surface area contributed by atoms with Gasteiger partial charge in [0.15, 0.2) is 0 Å². The highest BCUT2D eigenvalue weighted by Crippen LogP contribution is 2.12. The van der Waals surface area contributed by atoms with Gasteiger partial charge in [-0.1, -0.05) is 12.1 Å². The number of halogens is 1. The molecule has 0 aliphatic carbocycles. The van der Waals surface area contributed by atoms with Crippen LogP contribution in [0.5, 0.6) is 0 Å². The third-order valence-electron chi connectivity index (χ3n) is 3.08. The second kappa shape index (κ2) is 7.70. The Labute approximate surface area is 132 Å². The Hall–Kier alpha value is -2.21. The van der Waals surface area contributed by atoms with Gasteiger partial charge in [0.1, 0.15) is 5.82 Å². The van der Waals surface area contributed by atoms with E-state index in [9.17, 15) is 14.0 Å². The lowest BCUT2D eigenvalue weighted by Gasteiger charge is -2.16. The van der Waals surface area contributed by atoms with Crippen molar-refractivity contribution in [3.63, 3.8) is 0 Å². The Morgan fingerprint density at radius 3 is 2.77 bits per heavy atom. The van der Waals surface area contributed by atoms with E-state index in [1.807, 2.05) is 17.5 Å². The first kappa shape index (κ1) is 16.2. The van der Waals surface area contributed by atoms with Gasteiger partial charge in [-0.15, -0.1) is 11.3 Å². The van der Waals surface area contributed by atoms with Crippen molar-refractivity contribution >= 4 is 28.8 Å². The maximum absolute atomic E-state index is 13.0. The van der Waals surface area contributed by atoms with Crippen molar-refractivity contribution in [3.8, 4) is 0 Å². The summed E-state index contributed by atoms with van der Waals surface area (Å²) in [7, 11) is 1.59. The molecule has 4 nitrogen and oxygen atoms in total. The van der Waals surface area contributed by atoms with Gasteiger partial charge in [-0.05, 0) is 36.1 Å². The molecule has 0 radical (unpaired) electrons. The first-order valence-corrected chi connectivity index (χ1v) is 7.74. The summed E-state index contributed by atoms with van der Waals surface area (Å²) in [5, 5.41) is 4.54. The smallest absolute Gasteiger partial charge is 0.243 e. The number of hydrogen-bond donors (Lipinski definition) is 1. The van der Waals surface area contributed by atoms with E-state index in [-0.39, 0.29) is 18.4 Å². The molecular weight excluding hydrogens is 303 g/mol. The highest BCUT2D eigenvalue weighted by atomic mass is 32.1. The molecule has 1 heterocycles. The van der Waals surface area contributed by atoms with Crippen molar-refractivity contribution < 1.29 is 14.0 Å². The summed E-state index contributed by atoms with van der Waals surface area (Å²) in [6.07, 6.45) is 1.04. The van der Waals surface area contributed by atoms with Gasteiger partial charge < -0.3 is 10.2 Å². The number of rotatable bonds is 6. The molecule has 0 aliphatic rings. The number of thiophene rings is 1. The number of amides is 2. The van der Waals surface area contributed by atoms with Crippen molar-refractivity contribution in [2.45, 2.75) is 12.8 Å². The van der Waals surface area contributed by atoms with Gasteiger partial charge in [0.05, 0.1) is 6.54 Å². The van der Waals surface area contributed by atoms with Crippen LogP contribution >= 0.6 is 11.3 Å². The third kappa shape index (κ3) is 4.96. The normalized spacial score (nSPS) is 10.3. The highest BCUT2D eigenvalue weighted by molar-refractivity contribution is 7.09. The summed E-state index contributed by atoms with van der Waals surface area (Å²) in [4.78, 5) is 26.3. The monoisotopic (exact) mass is 320 g/mol. The first-order valence-electron chi connectivity index (χ1n) is 6.86. The minimum atomic E-state index is -0.418. The summed E-state index contributed by atoms with van der Waals surface area (Å²) in [5.41, 5.74) is 0.379. The summed E-state index contributed by atoms with van der Waals surface area (Å²) >= 11 is 1.61. The standard InChI is InChI=1S/C16H17FN2O2S/c1-19(16(21)8-7-14-6-3-9-22-14)11-15(20)18-13-5-2-4-12(17)10-13/h2-6,9-10H,7-8,11H2,1H3,(H,18,20). The van der Waals surface area contributed by atoms with Crippen LogP contribution in [0.4, 0.5) is 10.1 Å². The van der Waals surface area contributed by atoms with E-state index in [4.69, 9.17) is 0 Å². The summed E-state index contributed by atoms with van der Waals surface area (Å²) in [5.74, 6) is -0.862. The van der Waals surface area contributed by atoms with Gasteiger partial charge in [0.25, 0.3) is 0 Å². The third-order valence-corrected chi connectivity index (χ3v) is 4.02. The minimum absolute atomic E-state index is 0.0558. The molecule has 2 rings (SSSR count). The average Bonchev–Trinajstić information content (AvgIpc) is 2.97. The van der Waals surface area contributed by atoms with E-state index in [0.29, 0.717) is 18.5 Å². The maximum atomic E-state index is 13.0. The molecule has 0 spiro atoms. The number of hydrogen-bond acceptors (Lipinski definition) is 3. The molecule has 0 fully saturated rings. The Kier molecular flexibility index (Phi) is 5.66. The van der Waals surface area contributed by atoms with Crippen LogP contribution in [-0.4, -0.2) is 30.3 Å². The number of aryl methyl sites for hydroxylation is 1. The van der Waals surface area contributed by atoms with Crippen LogP contribution in [0, 0.1) is 5.82 Å². The van der Waals surface area contributed by atoms with Crippen LogP contribution in [-0.2, 0) is 16.0 Å². The van der Waals surface area contributed by atoms with Crippen molar-refractivity contribution in [1.82, 2.24) is 4.90 Å².